The number of nitrogens with two attached hydrogens (primary N) is 1. The van der Waals surface area contributed by atoms with Crippen LogP contribution < -0.4 is 11.1 Å². The molecule has 0 saturated heterocycles. The van der Waals surface area contributed by atoms with E-state index in [4.69, 9.17) is 5.73 Å². The Bertz CT molecular complexity index is 535. The lowest BCUT2D eigenvalue weighted by atomic mass is 9.48. The second-order valence-corrected chi connectivity index (χ2v) is 7.86. The fourth-order valence-electron chi connectivity index (χ4n) is 3.57. The van der Waals surface area contributed by atoms with E-state index in [1.165, 1.54) is 0 Å². The van der Waals surface area contributed by atoms with Gasteiger partial charge in [0.2, 0.25) is 0 Å². The fourth-order valence-corrected chi connectivity index (χ4v) is 4.24. The van der Waals surface area contributed by atoms with Crippen LogP contribution in [0.5, 0.6) is 0 Å². The van der Waals surface area contributed by atoms with Crippen LogP contribution in [0.25, 0.3) is 0 Å². The van der Waals surface area contributed by atoms with Crippen molar-refractivity contribution in [2.24, 2.45) is 16.6 Å². The monoisotopic (exact) mass is 338 g/mol. The van der Waals surface area contributed by atoms with E-state index in [1.54, 1.807) is 0 Å². The Balaban J connectivity index is 2.20. The lowest BCUT2D eigenvalue weighted by Crippen LogP contribution is -2.76. The number of rotatable bonds is 2. The van der Waals surface area contributed by atoms with Crippen LogP contribution in [0.1, 0.15) is 43.6 Å². The van der Waals surface area contributed by atoms with Crippen LogP contribution in [0, 0.1) is 17.8 Å². The first kappa shape index (κ1) is 15.5. The molecule has 1 amide bonds. The standard InChI is InChI=1S/C16H23BrN2O/c1-9-6-7-10(11(17)8-9)12(20)19-14-15(2,3)13(18)16(14,4)5/h6-8,13-14H,18H2,1-5H3,(H,19,20). The Morgan fingerprint density at radius 3 is 2.30 bits per heavy atom. The van der Waals surface area contributed by atoms with Gasteiger partial charge >= 0.3 is 0 Å². The summed E-state index contributed by atoms with van der Waals surface area (Å²) in [6.45, 7) is 10.4. The zero-order valence-electron chi connectivity index (χ0n) is 12.8. The van der Waals surface area contributed by atoms with Crippen molar-refractivity contribution in [3.8, 4) is 0 Å². The number of aryl methyl sites for hydroxylation is 1. The van der Waals surface area contributed by atoms with Gasteiger partial charge in [0.1, 0.15) is 0 Å². The smallest absolute Gasteiger partial charge is 0.252 e. The molecule has 0 atom stereocenters. The van der Waals surface area contributed by atoms with E-state index in [0.29, 0.717) is 5.56 Å². The summed E-state index contributed by atoms with van der Waals surface area (Å²) in [6, 6.07) is 5.92. The maximum absolute atomic E-state index is 12.5. The maximum Gasteiger partial charge on any atom is 0.252 e. The summed E-state index contributed by atoms with van der Waals surface area (Å²) in [5.41, 5.74) is 7.85. The zero-order chi connectivity index (χ0) is 15.3. The second-order valence-electron chi connectivity index (χ2n) is 7.01. The van der Waals surface area contributed by atoms with Crippen molar-refractivity contribution in [2.45, 2.75) is 46.7 Å². The van der Waals surface area contributed by atoms with E-state index in [9.17, 15) is 4.79 Å². The van der Waals surface area contributed by atoms with Crippen molar-refractivity contribution in [1.82, 2.24) is 5.32 Å². The Hall–Kier alpha value is -0.870. The predicted molar refractivity (Wildman–Crippen MR) is 85.7 cm³/mol. The zero-order valence-corrected chi connectivity index (χ0v) is 14.3. The van der Waals surface area contributed by atoms with Crippen LogP contribution in [0.2, 0.25) is 0 Å². The molecule has 3 nitrogen and oxygen atoms in total. The Labute approximate surface area is 129 Å². The van der Waals surface area contributed by atoms with Crippen molar-refractivity contribution >= 4 is 21.8 Å². The maximum atomic E-state index is 12.5. The Kier molecular flexibility index (Phi) is 3.76. The lowest BCUT2D eigenvalue weighted by Gasteiger charge is -2.62. The van der Waals surface area contributed by atoms with Crippen LogP contribution in [0.3, 0.4) is 0 Å². The van der Waals surface area contributed by atoms with Crippen LogP contribution in [-0.4, -0.2) is 18.0 Å². The molecule has 0 heterocycles. The van der Waals surface area contributed by atoms with Gasteiger partial charge < -0.3 is 11.1 Å². The third-order valence-corrected chi connectivity index (χ3v) is 5.39. The van der Waals surface area contributed by atoms with Gasteiger partial charge in [-0.2, -0.15) is 0 Å². The molecule has 2 rings (SSSR count). The van der Waals surface area contributed by atoms with Gasteiger partial charge in [0.05, 0.1) is 5.56 Å². The van der Waals surface area contributed by atoms with Crippen molar-refractivity contribution in [2.75, 3.05) is 0 Å². The van der Waals surface area contributed by atoms with Crippen LogP contribution in [0.15, 0.2) is 22.7 Å². The van der Waals surface area contributed by atoms with E-state index >= 15 is 0 Å². The molecule has 0 aliphatic heterocycles. The summed E-state index contributed by atoms with van der Waals surface area (Å²) >= 11 is 3.46. The molecule has 110 valence electrons. The molecule has 3 N–H and O–H groups in total. The summed E-state index contributed by atoms with van der Waals surface area (Å²) < 4.78 is 0.828. The van der Waals surface area contributed by atoms with Crippen LogP contribution in [-0.2, 0) is 0 Å². The van der Waals surface area contributed by atoms with Gasteiger partial charge in [0, 0.05) is 27.4 Å². The van der Waals surface area contributed by atoms with Crippen molar-refractivity contribution in [1.29, 1.82) is 0 Å². The third-order valence-electron chi connectivity index (χ3n) is 4.74. The molecule has 0 spiro atoms. The van der Waals surface area contributed by atoms with Crippen molar-refractivity contribution in [3.05, 3.63) is 33.8 Å². The number of carbonyl (C=O) groups excluding carboxylic acids is 1. The number of hydrogen-bond donors (Lipinski definition) is 2. The van der Waals surface area contributed by atoms with Gasteiger partial charge in [-0.25, -0.2) is 0 Å². The van der Waals surface area contributed by atoms with E-state index in [1.807, 2.05) is 25.1 Å². The minimum Gasteiger partial charge on any atom is -0.348 e. The van der Waals surface area contributed by atoms with E-state index in [0.717, 1.165) is 10.0 Å². The Morgan fingerprint density at radius 2 is 1.80 bits per heavy atom. The van der Waals surface area contributed by atoms with E-state index in [2.05, 4.69) is 48.9 Å². The molecular formula is C16H23BrN2O. The molecule has 0 unspecified atom stereocenters. The number of amides is 1. The predicted octanol–water partition coefficient (Wildman–Crippen LogP) is 3.25. The normalized spacial score (nSPS) is 26.8. The molecule has 1 fully saturated rings. The van der Waals surface area contributed by atoms with E-state index < -0.39 is 0 Å². The highest BCUT2D eigenvalue weighted by atomic mass is 79.9. The summed E-state index contributed by atoms with van der Waals surface area (Å²) in [6.07, 6.45) is 0. The number of hydrogen-bond acceptors (Lipinski definition) is 2. The van der Waals surface area contributed by atoms with Crippen molar-refractivity contribution in [3.63, 3.8) is 0 Å². The number of benzene rings is 1. The van der Waals surface area contributed by atoms with Gasteiger partial charge in [-0.05, 0) is 40.5 Å². The average Bonchev–Trinajstić information content (AvgIpc) is 2.34. The summed E-state index contributed by atoms with van der Waals surface area (Å²) in [4.78, 5) is 12.5. The fraction of sp³-hybridized carbons (Fsp3) is 0.562. The number of carbonyl (C=O) groups is 1. The highest BCUT2D eigenvalue weighted by Gasteiger charge is 2.60. The third kappa shape index (κ3) is 2.29. The molecule has 1 aliphatic rings. The molecule has 0 aromatic heterocycles. The molecule has 1 saturated carbocycles. The van der Waals surface area contributed by atoms with Crippen LogP contribution in [0.4, 0.5) is 0 Å². The number of halogens is 1. The first-order valence-corrected chi connectivity index (χ1v) is 7.70. The molecule has 1 aromatic carbocycles. The molecule has 0 bridgehead atoms. The number of nitrogens with one attached hydrogen (secondary N) is 1. The van der Waals surface area contributed by atoms with Gasteiger partial charge in [0.15, 0.2) is 0 Å². The average molecular weight is 339 g/mol. The molecular weight excluding hydrogens is 316 g/mol. The van der Waals surface area contributed by atoms with Gasteiger partial charge in [-0.15, -0.1) is 0 Å². The molecule has 20 heavy (non-hydrogen) atoms. The molecule has 0 radical (unpaired) electrons. The second kappa shape index (κ2) is 4.85. The van der Waals surface area contributed by atoms with Gasteiger partial charge in [0.25, 0.3) is 5.91 Å². The first-order chi connectivity index (χ1) is 9.08. The van der Waals surface area contributed by atoms with E-state index in [-0.39, 0.29) is 28.8 Å². The topological polar surface area (TPSA) is 55.1 Å². The summed E-state index contributed by atoms with van der Waals surface area (Å²) in [5.74, 6) is -0.0464. The summed E-state index contributed by atoms with van der Waals surface area (Å²) in [7, 11) is 0. The minimum absolute atomic E-state index is 0.0464. The highest BCUT2D eigenvalue weighted by molar-refractivity contribution is 9.10. The first-order valence-electron chi connectivity index (χ1n) is 6.91. The molecule has 1 aliphatic carbocycles. The highest BCUT2D eigenvalue weighted by Crippen LogP contribution is 2.52. The van der Waals surface area contributed by atoms with Gasteiger partial charge in [-0.3, -0.25) is 4.79 Å². The van der Waals surface area contributed by atoms with Crippen LogP contribution >= 0.6 is 15.9 Å². The van der Waals surface area contributed by atoms with Gasteiger partial charge in [-0.1, -0.05) is 33.8 Å². The van der Waals surface area contributed by atoms with Crippen molar-refractivity contribution < 1.29 is 4.79 Å². The molecule has 4 heteroatoms. The minimum atomic E-state index is -0.0870. The summed E-state index contributed by atoms with van der Waals surface area (Å²) in [5, 5.41) is 3.15. The SMILES string of the molecule is Cc1ccc(C(=O)NC2C(C)(C)C(N)C2(C)C)c(Br)c1. The quantitative estimate of drug-likeness (QED) is 0.869. The lowest BCUT2D eigenvalue weighted by molar-refractivity contribution is -0.0663. The Morgan fingerprint density at radius 1 is 1.25 bits per heavy atom. The largest absolute Gasteiger partial charge is 0.348 e. The molecule has 1 aromatic rings.